The predicted octanol–water partition coefficient (Wildman–Crippen LogP) is 1.38. The number of benzene rings is 1. The van der Waals surface area contributed by atoms with Crippen LogP contribution in [-0.2, 0) is 21.4 Å². The number of hydrogen-bond donors (Lipinski definition) is 2. The third kappa shape index (κ3) is 9.51. The van der Waals surface area contributed by atoms with E-state index in [1.54, 1.807) is 26.2 Å². The van der Waals surface area contributed by atoms with Crippen LogP contribution in [0.1, 0.15) is 18.4 Å². The number of sulfonamides is 1. The first-order valence-corrected chi connectivity index (χ1v) is 10.1. The van der Waals surface area contributed by atoms with E-state index in [0.717, 1.165) is 24.9 Å². The van der Waals surface area contributed by atoms with E-state index in [2.05, 4.69) is 16.9 Å². The van der Waals surface area contributed by atoms with Gasteiger partial charge < -0.3 is 15.1 Å². The molecule has 0 saturated carbocycles. The fraction of sp³-hybridized carbons (Fsp3) is 0.444. The monoisotopic (exact) mass is 523 g/mol. The lowest BCUT2D eigenvalue weighted by Crippen LogP contribution is -2.44. The minimum Gasteiger partial charge on any atom is -0.347 e. The third-order valence-electron chi connectivity index (χ3n) is 3.82. The van der Waals surface area contributed by atoms with Gasteiger partial charge in [-0.15, -0.1) is 30.6 Å². The number of nitrogens with two attached hydrogens (primary N) is 1. The SMILES string of the molecule is C=CCCCN(C)C(=NCc1ccc(S(N)(=O)=O)cc1)NCC(=O)N(C)C.I. The van der Waals surface area contributed by atoms with Crippen LogP contribution in [0.15, 0.2) is 46.8 Å². The summed E-state index contributed by atoms with van der Waals surface area (Å²) in [6.45, 7) is 4.96. The van der Waals surface area contributed by atoms with Gasteiger partial charge in [-0.25, -0.2) is 18.5 Å². The van der Waals surface area contributed by atoms with Gasteiger partial charge in [0.1, 0.15) is 0 Å². The smallest absolute Gasteiger partial charge is 0.241 e. The Morgan fingerprint density at radius 3 is 2.36 bits per heavy atom. The maximum absolute atomic E-state index is 11.8. The van der Waals surface area contributed by atoms with E-state index in [-0.39, 0.29) is 41.3 Å². The van der Waals surface area contributed by atoms with E-state index in [1.807, 2.05) is 18.0 Å². The van der Waals surface area contributed by atoms with Gasteiger partial charge in [-0.3, -0.25) is 4.79 Å². The minimum atomic E-state index is -3.71. The Morgan fingerprint density at radius 2 is 1.86 bits per heavy atom. The minimum absolute atomic E-state index is 0. The van der Waals surface area contributed by atoms with Crippen LogP contribution in [0.4, 0.5) is 0 Å². The Balaban J connectivity index is 0.00000729. The summed E-state index contributed by atoms with van der Waals surface area (Å²) in [6, 6.07) is 6.25. The summed E-state index contributed by atoms with van der Waals surface area (Å²) in [6.07, 6.45) is 3.68. The van der Waals surface area contributed by atoms with Crippen LogP contribution >= 0.6 is 24.0 Å². The molecule has 0 atom stereocenters. The van der Waals surface area contributed by atoms with E-state index < -0.39 is 10.0 Å². The van der Waals surface area contributed by atoms with Gasteiger partial charge in [-0.2, -0.15) is 0 Å². The lowest BCUT2D eigenvalue weighted by Gasteiger charge is -2.23. The Morgan fingerprint density at radius 1 is 1.25 bits per heavy atom. The average Bonchev–Trinajstić information content (AvgIpc) is 2.61. The molecule has 0 unspecified atom stereocenters. The number of likely N-dealkylation sites (N-methyl/N-ethyl adjacent to an activating group) is 1. The van der Waals surface area contributed by atoms with E-state index in [4.69, 9.17) is 5.14 Å². The summed E-state index contributed by atoms with van der Waals surface area (Å²) in [5, 5.41) is 8.18. The second-order valence-electron chi connectivity index (χ2n) is 6.32. The third-order valence-corrected chi connectivity index (χ3v) is 4.75. The van der Waals surface area contributed by atoms with Gasteiger partial charge in [-0.1, -0.05) is 18.2 Å². The van der Waals surface area contributed by atoms with Crippen molar-refractivity contribution in [1.82, 2.24) is 15.1 Å². The zero-order valence-corrected chi connectivity index (χ0v) is 19.7. The molecule has 10 heteroatoms. The average molecular weight is 523 g/mol. The molecule has 3 N–H and O–H groups in total. The number of aliphatic imine (C=N–C) groups is 1. The molecule has 0 fully saturated rings. The topological polar surface area (TPSA) is 108 Å². The number of carbonyl (C=O) groups excluding carboxylic acids is 1. The number of carbonyl (C=O) groups is 1. The van der Waals surface area contributed by atoms with Crippen LogP contribution in [0.5, 0.6) is 0 Å². The molecule has 0 aliphatic rings. The first kappa shape index (κ1) is 26.3. The predicted molar refractivity (Wildman–Crippen MR) is 123 cm³/mol. The number of rotatable bonds is 9. The molecule has 0 spiro atoms. The van der Waals surface area contributed by atoms with Gasteiger partial charge in [0.05, 0.1) is 18.0 Å². The van der Waals surface area contributed by atoms with Crippen LogP contribution < -0.4 is 10.5 Å². The number of halogens is 1. The molecule has 0 aromatic heterocycles. The van der Waals surface area contributed by atoms with Crippen LogP contribution in [0.25, 0.3) is 0 Å². The van der Waals surface area contributed by atoms with Gasteiger partial charge in [0.2, 0.25) is 15.9 Å². The number of unbranched alkanes of at least 4 members (excludes halogenated alkanes) is 1. The highest BCUT2D eigenvalue weighted by Gasteiger charge is 2.10. The molecule has 1 amide bonds. The number of nitrogens with one attached hydrogen (secondary N) is 1. The molecule has 158 valence electrons. The van der Waals surface area contributed by atoms with Crippen LogP contribution in [-0.4, -0.2) is 64.3 Å². The molecule has 0 radical (unpaired) electrons. The van der Waals surface area contributed by atoms with Crippen LogP contribution in [0.3, 0.4) is 0 Å². The number of allylic oxidation sites excluding steroid dienone is 1. The van der Waals surface area contributed by atoms with E-state index in [1.165, 1.54) is 17.0 Å². The molecule has 1 rings (SSSR count). The zero-order valence-electron chi connectivity index (χ0n) is 16.6. The summed E-state index contributed by atoms with van der Waals surface area (Å²) in [5.74, 6) is 0.546. The number of primary sulfonamides is 1. The fourth-order valence-electron chi connectivity index (χ4n) is 2.15. The summed E-state index contributed by atoms with van der Waals surface area (Å²) in [5.41, 5.74) is 0.833. The second-order valence-corrected chi connectivity index (χ2v) is 7.88. The Kier molecular flexibility index (Phi) is 12.0. The van der Waals surface area contributed by atoms with Crippen molar-refractivity contribution in [1.29, 1.82) is 0 Å². The highest BCUT2D eigenvalue weighted by molar-refractivity contribution is 14.0. The molecule has 1 aromatic carbocycles. The van der Waals surface area contributed by atoms with E-state index >= 15 is 0 Å². The second kappa shape index (κ2) is 12.7. The first-order valence-electron chi connectivity index (χ1n) is 8.57. The lowest BCUT2D eigenvalue weighted by atomic mass is 10.2. The largest absolute Gasteiger partial charge is 0.347 e. The lowest BCUT2D eigenvalue weighted by molar-refractivity contribution is -0.127. The van der Waals surface area contributed by atoms with Gasteiger partial charge in [0.25, 0.3) is 0 Å². The zero-order chi connectivity index (χ0) is 20.4. The van der Waals surface area contributed by atoms with Crippen molar-refractivity contribution in [2.24, 2.45) is 10.1 Å². The molecule has 28 heavy (non-hydrogen) atoms. The highest BCUT2D eigenvalue weighted by Crippen LogP contribution is 2.10. The van der Waals surface area contributed by atoms with Crippen molar-refractivity contribution in [3.63, 3.8) is 0 Å². The Hall–Kier alpha value is -1.66. The number of nitrogens with zero attached hydrogens (tertiary/aromatic N) is 3. The summed E-state index contributed by atoms with van der Waals surface area (Å²) < 4.78 is 22.6. The molecule has 0 bridgehead atoms. The van der Waals surface area contributed by atoms with E-state index in [0.29, 0.717) is 12.5 Å². The fourth-order valence-corrected chi connectivity index (χ4v) is 2.67. The Labute approximate surface area is 184 Å². The summed E-state index contributed by atoms with van der Waals surface area (Å²) in [4.78, 5) is 19.9. The van der Waals surface area contributed by atoms with Gasteiger partial charge in [-0.05, 0) is 30.5 Å². The number of hydrogen-bond acceptors (Lipinski definition) is 4. The van der Waals surface area contributed by atoms with Gasteiger partial charge in [0, 0.05) is 27.7 Å². The van der Waals surface area contributed by atoms with Crippen molar-refractivity contribution in [3.8, 4) is 0 Å². The van der Waals surface area contributed by atoms with Crippen molar-refractivity contribution < 1.29 is 13.2 Å². The molecular weight excluding hydrogens is 493 g/mol. The molecular formula is C18H30IN5O3S. The van der Waals surface area contributed by atoms with Crippen LogP contribution in [0, 0.1) is 0 Å². The van der Waals surface area contributed by atoms with Crippen molar-refractivity contribution >= 4 is 45.9 Å². The molecule has 1 aromatic rings. The standard InChI is InChI=1S/C18H29N5O3S.HI/c1-5-6-7-12-23(4)18(21-14-17(24)22(2)3)20-13-15-8-10-16(11-9-15)27(19,25)26;/h5,8-11H,1,6-7,12-14H2,2-4H3,(H,20,21)(H2,19,25,26);1H. The molecule has 8 nitrogen and oxygen atoms in total. The van der Waals surface area contributed by atoms with Gasteiger partial charge in [0.15, 0.2) is 5.96 Å². The molecule has 0 aliphatic heterocycles. The molecule has 0 heterocycles. The van der Waals surface area contributed by atoms with Crippen molar-refractivity contribution in [2.45, 2.75) is 24.3 Å². The molecule has 0 aliphatic carbocycles. The normalized spacial score (nSPS) is 11.4. The van der Waals surface area contributed by atoms with E-state index in [9.17, 15) is 13.2 Å². The number of amides is 1. The highest BCUT2D eigenvalue weighted by atomic mass is 127. The van der Waals surface area contributed by atoms with Crippen molar-refractivity contribution in [2.75, 3.05) is 34.2 Å². The van der Waals surface area contributed by atoms with Crippen molar-refractivity contribution in [3.05, 3.63) is 42.5 Å². The first-order chi connectivity index (χ1) is 12.6. The maximum Gasteiger partial charge on any atom is 0.241 e. The summed E-state index contributed by atoms with van der Waals surface area (Å²) >= 11 is 0. The Bertz CT molecular complexity index is 764. The van der Waals surface area contributed by atoms with Crippen LogP contribution in [0.2, 0.25) is 0 Å². The summed E-state index contributed by atoms with van der Waals surface area (Å²) in [7, 11) is 1.58. The van der Waals surface area contributed by atoms with Gasteiger partial charge >= 0.3 is 0 Å². The quantitative estimate of drug-likeness (QED) is 0.167. The number of guanidine groups is 1. The maximum atomic E-state index is 11.8. The molecule has 0 saturated heterocycles.